The summed E-state index contributed by atoms with van der Waals surface area (Å²) in [5.74, 6) is -0.269. The van der Waals surface area contributed by atoms with E-state index >= 15 is 0 Å². The maximum atomic E-state index is 11.0. The Balaban J connectivity index is 2.67. The van der Waals surface area contributed by atoms with Crippen molar-refractivity contribution in [2.24, 2.45) is 0 Å². The molecule has 84 valence electrons. The molecular weight excluding hydrogens is 279 g/mol. The zero-order chi connectivity index (χ0) is 11.9. The number of carbonyl (C=O) groups is 2. The first-order chi connectivity index (χ1) is 7.50. The molecule has 1 aliphatic rings. The number of benzene rings is 1. The highest BCUT2D eigenvalue weighted by atomic mass is 35.5. The average molecular weight is 281 g/mol. The Bertz CT molecular complexity index is 482. The van der Waals surface area contributed by atoms with Crippen LogP contribution in [0.5, 0.6) is 11.5 Å². The Labute approximate surface area is 102 Å². The second kappa shape index (κ2) is 4.04. The van der Waals surface area contributed by atoms with Crippen LogP contribution in [-0.4, -0.2) is 14.7 Å². The predicted octanol–water partition coefficient (Wildman–Crippen LogP) is 1.79. The second-order valence-electron chi connectivity index (χ2n) is 2.74. The van der Waals surface area contributed by atoms with Crippen LogP contribution in [0.1, 0.15) is 20.7 Å². The highest BCUT2D eigenvalue weighted by molar-refractivity contribution is 7.76. The number of hydrogen-bond donors (Lipinski definition) is 0. The van der Waals surface area contributed by atoms with Gasteiger partial charge in [0.15, 0.2) is 11.5 Å². The molecule has 0 atom stereocenters. The number of fused-ring (bicyclic) bond motifs is 1. The lowest BCUT2D eigenvalue weighted by Crippen LogP contribution is -1.98. The van der Waals surface area contributed by atoms with Crippen LogP contribution in [0.2, 0.25) is 0 Å². The minimum absolute atomic E-state index is 0.0378. The van der Waals surface area contributed by atoms with Crippen molar-refractivity contribution in [3.05, 3.63) is 23.3 Å². The molecule has 0 saturated heterocycles. The van der Waals surface area contributed by atoms with E-state index < -0.39 is 21.8 Å². The Kier molecular flexibility index (Phi) is 2.88. The van der Waals surface area contributed by atoms with Crippen LogP contribution >= 0.6 is 23.2 Å². The van der Waals surface area contributed by atoms with E-state index in [2.05, 4.69) is 0 Å². The molecule has 0 radical (unpaired) electrons. The third-order valence-corrected chi connectivity index (χ3v) is 2.85. The third kappa shape index (κ3) is 1.79. The molecule has 0 saturated carbocycles. The van der Waals surface area contributed by atoms with Gasteiger partial charge in [-0.1, -0.05) is 0 Å². The fourth-order valence-electron chi connectivity index (χ4n) is 1.19. The van der Waals surface area contributed by atoms with Gasteiger partial charge in [-0.05, 0) is 35.3 Å². The van der Waals surface area contributed by atoms with Gasteiger partial charge in [-0.25, -0.2) is 0 Å². The molecule has 0 bridgehead atoms. The molecule has 0 unspecified atom stereocenters. The topological polar surface area (TPSA) is 69.7 Å². The van der Waals surface area contributed by atoms with E-state index in [-0.39, 0.29) is 22.6 Å². The van der Waals surface area contributed by atoms with Crippen molar-refractivity contribution >= 4 is 45.0 Å². The lowest BCUT2D eigenvalue weighted by molar-refractivity contribution is 0.106. The summed E-state index contributed by atoms with van der Waals surface area (Å²) in [4.78, 5) is 22.0. The van der Waals surface area contributed by atoms with Crippen LogP contribution in [-0.2, 0) is 11.4 Å². The summed E-state index contributed by atoms with van der Waals surface area (Å²) in [6.07, 6.45) is 0. The van der Waals surface area contributed by atoms with Gasteiger partial charge in [0.05, 0.1) is 11.1 Å². The molecule has 5 nitrogen and oxygen atoms in total. The Hall–Kier alpha value is -1.11. The summed E-state index contributed by atoms with van der Waals surface area (Å²) in [6, 6.07) is 2.49. The molecule has 16 heavy (non-hydrogen) atoms. The first kappa shape index (κ1) is 11.4. The summed E-state index contributed by atoms with van der Waals surface area (Å²) >= 11 is 8.46. The van der Waals surface area contributed by atoms with Crippen molar-refractivity contribution in [1.29, 1.82) is 0 Å². The van der Waals surface area contributed by atoms with E-state index in [1.807, 2.05) is 0 Å². The van der Waals surface area contributed by atoms with Gasteiger partial charge in [0.2, 0.25) is 0 Å². The summed E-state index contributed by atoms with van der Waals surface area (Å²) in [5, 5.41) is -1.63. The van der Waals surface area contributed by atoms with Crippen molar-refractivity contribution in [3.8, 4) is 11.5 Å². The van der Waals surface area contributed by atoms with E-state index in [1.54, 1.807) is 0 Å². The fourth-order valence-corrected chi connectivity index (χ4v) is 2.13. The Morgan fingerprint density at radius 2 is 1.38 bits per heavy atom. The van der Waals surface area contributed by atoms with Gasteiger partial charge >= 0.3 is 11.4 Å². The number of hydrogen-bond acceptors (Lipinski definition) is 5. The minimum atomic E-state index is -2.09. The standard InChI is InChI=1S/C8H2Cl2O5S/c9-7(11)3-1-2-4(8(10)12)6-5(3)14-16(13)15-6/h1-2H. The summed E-state index contributed by atoms with van der Waals surface area (Å²) in [6.45, 7) is 0. The summed E-state index contributed by atoms with van der Waals surface area (Å²) < 4.78 is 20.5. The van der Waals surface area contributed by atoms with E-state index in [0.717, 1.165) is 0 Å². The van der Waals surface area contributed by atoms with Crippen molar-refractivity contribution in [2.75, 3.05) is 0 Å². The van der Waals surface area contributed by atoms with Crippen molar-refractivity contribution in [3.63, 3.8) is 0 Å². The minimum Gasteiger partial charge on any atom is -0.366 e. The van der Waals surface area contributed by atoms with Crippen molar-refractivity contribution in [2.45, 2.75) is 0 Å². The number of halogens is 2. The lowest BCUT2D eigenvalue weighted by atomic mass is 10.1. The fraction of sp³-hybridized carbons (Fsp3) is 0. The smallest absolute Gasteiger partial charge is 0.366 e. The van der Waals surface area contributed by atoms with Crippen molar-refractivity contribution in [1.82, 2.24) is 0 Å². The van der Waals surface area contributed by atoms with E-state index in [0.29, 0.717) is 0 Å². The molecule has 0 aromatic heterocycles. The molecule has 1 aromatic carbocycles. The van der Waals surface area contributed by atoms with Crippen LogP contribution in [0.15, 0.2) is 12.1 Å². The number of carbonyl (C=O) groups excluding carboxylic acids is 2. The van der Waals surface area contributed by atoms with Gasteiger partial charge in [-0.3, -0.25) is 9.59 Å². The van der Waals surface area contributed by atoms with Crippen LogP contribution in [0.25, 0.3) is 0 Å². The highest BCUT2D eigenvalue weighted by Crippen LogP contribution is 2.41. The van der Waals surface area contributed by atoms with E-state index in [1.165, 1.54) is 12.1 Å². The number of rotatable bonds is 2. The molecule has 0 N–H and O–H groups in total. The van der Waals surface area contributed by atoms with Crippen LogP contribution in [0.4, 0.5) is 0 Å². The lowest BCUT2D eigenvalue weighted by Gasteiger charge is -2.01. The monoisotopic (exact) mass is 280 g/mol. The first-order valence-electron chi connectivity index (χ1n) is 3.86. The quantitative estimate of drug-likeness (QED) is 0.773. The van der Waals surface area contributed by atoms with E-state index in [4.69, 9.17) is 31.6 Å². The Morgan fingerprint density at radius 3 is 1.69 bits per heavy atom. The molecule has 0 amide bonds. The first-order valence-corrected chi connectivity index (χ1v) is 5.61. The second-order valence-corrected chi connectivity index (χ2v) is 4.17. The molecule has 2 rings (SSSR count). The summed E-state index contributed by atoms with van der Waals surface area (Å²) in [5.41, 5.74) is -0.0756. The highest BCUT2D eigenvalue weighted by Gasteiger charge is 2.31. The van der Waals surface area contributed by atoms with Crippen LogP contribution in [0, 0.1) is 0 Å². The van der Waals surface area contributed by atoms with Gasteiger partial charge in [0.25, 0.3) is 10.5 Å². The average Bonchev–Trinajstić information content (AvgIpc) is 2.56. The van der Waals surface area contributed by atoms with Gasteiger partial charge in [-0.2, -0.15) is 4.21 Å². The van der Waals surface area contributed by atoms with Gasteiger partial charge < -0.3 is 8.37 Å². The van der Waals surface area contributed by atoms with Crippen LogP contribution < -0.4 is 8.37 Å². The molecule has 0 spiro atoms. The zero-order valence-corrected chi connectivity index (χ0v) is 9.69. The SMILES string of the molecule is O=C(Cl)c1ccc(C(=O)Cl)c2c1OS(=O)O2. The molecule has 1 heterocycles. The molecular formula is C8H2Cl2O5S. The molecule has 0 aliphatic carbocycles. The van der Waals surface area contributed by atoms with Gasteiger partial charge in [-0.15, -0.1) is 0 Å². The molecule has 8 heteroatoms. The molecule has 0 fully saturated rings. The largest absolute Gasteiger partial charge is 0.418 e. The van der Waals surface area contributed by atoms with Gasteiger partial charge in [0.1, 0.15) is 0 Å². The predicted molar refractivity (Wildman–Crippen MR) is 56.2 cm³/mol. The molecule has 1 aromatic rings. The summed E-state index contributed by atoms with van der Waals surface area (Å²) in [7, 11) is 0. The maximum absolute atomic E-state index is 11.0. The maximum Gasteiger partial charge on any atom is 0.418 e. The van der Waals surface area contributed by atoms with Gasteiger partial charge in [0, 0.05) is 0 Å². The molecule has 1 aliphatic heterocycles. The van der Waals surface area contributed by atoms with Crippen LogP contribution in [0.3, 0.4) is 0 Å². The van der Waals surface area contributed by atoms with Crippen molar-refractivity contribution < 1.29 is 22.2 Å². The normalized spacial score (nSPS) is 13.9. The van der Waals surface area contributed by atoms with E-state index in [9.17, 15) is 13.8 Å². The Morgan fingerprint density at radius 1 is 1.00 bits per heavy atom. The zero-order valence-electron chi connectivity index (χ0n) is 7.36. The third-order valence-electron chi connectivity index (χ3n) is 1.84.